The molecule has 0 aliphatic heterocycles. The lowest BCUT2D eigenvalue weighted by Crippen LogP contribution is -2.23. The molecule has 0 amide bonds. The molecule has 0 radical (unpaired) electrons. The number of aromatic nitrogens is 3. The summed E-state index contributed by atoms with van der Waals surface area (Å²) in [6, 6.07) is 8.31. The third-order valence-electron chi connectivity index (χ3n) is 3.43. The van der Waals surface area contributed by atoms with Gasteiger partial charge in [-0.1, -0.05) is 36.0 Å². The third-order valence-corrected chi connectivity index (χ3v) is 4.39. The molecule has 20 heavy (non-hydrogen) atoms. The molecule has 0 bridgehead atoms. The van der Waals surface area contributed by atoms with Crippen LogP contribution < -0.4 is 5.73 Å². The molecule has 0 fully saturated rings. The Kier molecular flexibility index (Phi) is 3.35. The van der Waals surface area contributed by atoms with E-state index >= 15 is 0 Å². The Morgan fingerprint density at radius 2 is 2.25 bits per heavy atom. The summed E-state index contributed by atoms with van der Waals surface area (Å²) in [6.07, 6.45) is 1.01. The maximum absolute atomic E-state index is 10.6. The largest absolute Gasteiger partial charge is 0.481 e. The Labute approximate surface area is 120 Å². The second kappa shape index (κ2) is 5.16. The van der Waals surface area contributed by atoms with Crippen LogP contribution in [-0.2, 0) is 17.8 Å². The monoisotopic (exact) mass is 290 g/mol. The summed E-state index contributed by atoms with van der Waals surface area (Å²) in [7, 11) is 0. The van der Waals surface area contributed by atoms with Gasteiger partial charge in [0, 0.05) is 12.5 Å². The van der Waals surface area contributed by atoms with Gasteiger partial charge in [0.05, 0.1) is 5.75 Å². The average molecular weight is 290 g/mol. The summed E-state index contributed by atoms with van der Waals surface area (Å²) in [5.41, 5.74) is 8.52. The Morgan fingerprint density at radius 1 is 1.45 bits per heavy atom. The number of nitrogens with zero attached hydrogens (tertiary/aromatic N) is 3. The van der Waals surface area contributed by atoms with Gasteiger partial charge in [-0.3, -0.25) is 9.36 Å². The van der Waals surface area contributed by atoms with E-state index in [9.17, 15) is 4.79 Å². The molecule has 3 N–H and O–H groups in total. The molecule has 1 heterocycles. The molecule has 0 spiro atoms. The van der Waals surface area contributed by atoms with Gasteiger partial charge >= 0.3 is 5.97 Å². The van der Waals surface area contributed by atoms with Crippen molar-refractivity contribution >= 4 is 23.7 Å². The van der Waals surface area contributed by atoms with Gasteiger partial charge < -0.3 is 10.8 Å². The molecule has 2 aromatic rings. The summed E-state index contributed by atoms with van der Waals surface area (Å²) in [4.78, 5) is 10.6. The first kappa shape index (κ1) is 13.0. The highest BCUT2D eigenvalue weighted by atomic mass is 32.2. The summed E-state index contributed by atoms with van der Waals surface area (Å²) >= 11 is 1.14. The van der Waals surface area contributed by atoms with E-state index in [1.165, 1.54) is 11.1 Å². The second-order valence-electron chi connectivity index (χ2n) is 4.73. The SMILES string of the molecule is Nc1nnc(SCC(=O)O)n1CC1Cc2ccccc21. The van der Waals surface area contributed by atoms with E-state index in [-0.39, 0.29) is 5.75 Å². The van der Waals surface area contributed by atoms with Crippen LogP contribution in [0.2, 0.25) is 0 Å². The molecule has 7 heteroatoms. The predicted molar refractivity (Wildman–Crippen MR) is 75.7 cm³/mol. The highest BCUT2D eigenvalue weighted by Crippen LogP contribution is 2.37. The maximum Gasteiger partial charge on any atom is 0.313 e. The number of nitrogen functional groups attached to an aromatic ring is 1. The number of carboxylic acid groups (broad SMARTS) is 1. The lowest BCUT2D eigenvalue weighted by Gasteiger charge is -2.30. The van der Waals surface area contributed by atoms with Crippen molar-refractivity contribution < 1.29 is 9.90 Å². The lowest BCUT2D eigenvalue weighted by atomic mass is 9.77. The van der Waals surface area contributed by atoms with Crippen molar-refractivity contribution in [2.24, 2.45) is 0 Å². The summed E-state index contributed by atoms with van der Waals surface area (Å²) in [5.74, 6) is -0.188. The van der Waals surface area contributed by atoms with Gasteiger partial charge in [0.15, 0.2) is 5.16 Å². The Morgan fingerprint density at radius 3 is 3.00 bits per heavy atom. The van der Waals surface area contributed by atoms with Gasteiger partial charge in [0.25, 0.3) is 0 Å². The molecule has 3 rings (SSSR count). The average Bonchev–Trinajstić information content (AvgIpc) is 2.74. The fraction of sp³-hybridized carbons (Fsp3) is 0.308. The standard InChI is InChI=1S/C13H14N4O2S/c14-12-15-16-13(20-7-11(18)19)17(12)6-9-5-8-3-1-2-4-10(8)9/h1-4,9H,5-7H2,(H2,14,15)(H,18,19). The summed E-state index contributed by atoms with van der Waals surface area (Å²) in [6.45, 7) is 0.692. The maximum atomic E-state index is 10.6. The van der Waals surface area contributed by atoms with Gasteiger partial charge in [0.1, 0.15) is 0 Å². The third kappa shape index (κ3) is 2.36. The van der Waals surface area contributed by atoms with E-state index in [0.717, 1.165) is 18.2 Å². The van der Waals surface area contributed by atoms with Gasteiger partial charge in [-0.15, -0.1) is 10.2 Å². The van der Waals surface area contributed by atoms with Gasteiger partial charge in [-0.05, 0) is 17.5 Å². The van der Waals surface area contributed by atoms with Crippen molar-refractivity contribution in [2.45, 2.75) is 24.0 Å². The van der Waals surface area contributed by atoms with Crippen LogP contribution in [0.15, 0.2) is 29.4 Å². The van der Waals surface area contributed by atoms with Crippen LogP contribution in [0.4, 0.5) is 5.95 Å². The number of aliphatic carboxylic acids is 1. The van der Waals surface area contributed by atoms with Crippen molar-refractivity contribution in [3.8, 4) is 0 Å². The van der Waals surface area contributed by atoms with Crippen LogP contribution in [0.25, 0.3) is 0 Å². The minimum atomic E-state index is -0.878. The van der Waals surface area contributed by atoms with Crippen molar-refractivity contribution in [3.63, 3.8) is 0 Å². The zero-order valence-electron chi connectivity index (χ0n) is 10.7. The fourth-order valence-electron chi connectivity index (χ4n) is 2.45. The molecule has 104 valence electrons. The Bertz CT molecular complexity index is 656. The molecule has 6 nitrogen and oxygen atoms in total. The minimum absolute atomic E-state index is 0.0423. The Hall–Kier alpha value is -2.02. The van der Waals surface area contributed by atoms with Crippen LogP contribution >= 0.6 is 11.8 Å². The molecule has 0 saturated heterocycles. The quantitative estimate of drug-likeness (QED) is 0.808. The fourth-order valence-corrected chi connectivity index (χ4v) is 3.13. The first-order valence-corrected chi connectivity index (χ1v) is 7.25. The number of hydrogen-bond donors (Lipinski definition) is 2. The van der Waals surface area contributed by atoms with Gasteiger partial charge in [0.2, 0.25) is 5.95 Å². The number of benzene rings is 1. The molecule has 1 aliphatic rings. The highest BCUT2D eigenvalue weighted by molar-refractivity contribution is 7.99. The van der Waals surface area contributed by atoms with E-state index in [0.29, 0.717) is 23.6 Å². The predicted octanol–water partition coefficient (Wildman–Crippen LogP) is 1.38. The first-order chi connectivity index (χ1) is 9.65. The number of nitrogens with two attached hydrogens (primary N) is 1. The Balaban J connectivity index is 1.75. The molecule has 1 atom stereocenters. The van der Waals surface area contributed by atoms with Crippen molar-refractivity contribution in [1.82, 2.24) is 14.8 Å². The van der Waals surface area contributed by atoms with Crippen LogP contribution in [0.1, 0.15) is 17.0 Å². The number of carbonyl (C=O) groups is 1. The highest BCUT2D eigenvalue weighted by Gasteiger charge is 2.27. The van der Waals surface area contributed by atoms with E-state index in [4.69, 9.17) is 10.8 Å². The van der Waals surface area contributed by atoms with E-state index in [2.05, 4.69) is 22.3 Å². The number of carboxylic acids is 1. The number of anilines is 1. The normalized spacial score (nSPS) is 16.5. The van der Waals surface area contributed by atoms with Crippen LogP contribution in [0.3, 0.4) is 0 Å². The summed E-state index contributed by atoms with van der Waals surface area (Å²) in [5, 5.41) is 17.1. The zero-order valence-corrected chi connectivity index (χ0v) is 11.5. The molecule has 1 aromatic carbocycles. The minimum Gasteiger partial charge on any atom is -0.481 e. The summed E-state index contributed by atoms with van der Waals surface area (Å²) < 4.78 is 1.80. The smallest absolute Gasteiger partial charge is 0.313 e. The number of fused-ring (bicyclic) bond motifs is 1. The first-order valence-electron chi connectivity index (χ1n) is 6.26. The van der Waals surface area contributed by atoms with Crippen LogP contribution in [0, 0.1) is 0 Å². The number of thioether (sulfide) groups is 1. The van der Waals surface area contributed by atoms with Crippen LogP contribution in [0.5, 0.6) is 0 Å². The molecule has 1 aromatic heterocycles. The van der Waals surface area contributed by atoms with Gasteiger partial charge in [-0.25, -0.2) is 0 Å². The van der Waals surface area contributed by atoms with Crippen molar-refractivity contribution in [1.29, 1.82) is 0 Å². The van der Waals surface area contributed by atoms with Gasteiger partial charge in [-0.2, -0.15) is 0 Å². The lowest BCUT2D eigenvalue weighted by molar-refractivity contribution is -0.133. The molecular weight excluding hydrogens is 276 g/mol. The second-order valence-corrected chi connectivity index (χ2v) is 5.68. The van der Waals surface area contributed by atoms with E-state index in [1.54, 1.807) is 4.57 Å². The number of hydrogen-bond acceptors (Lipinski definition) is 5. The number of rotatable bonds is 5. The van der Waals surface area contributed by atoms with Crippen molar-refractivity contribution in [3.05, 3.63) is 35.4 Å². The topological polar surface area (TPSA) is 94.0 Å². The molecular formula is C13H14N4O2S. The van der Waals surface area contributed by atoms with Crippen molar-refractivity contribution in [2.75, 3.05) is 11.5 Å². The van der Waals surface area contributed by atoms with E-state index < -0.39 is 5.97 Å². The zero-order chi connectivity index (χ0) is 14.1. The molecule has 1 unspecified atom stereocenters. The molecule has 0 saturated carbocycles. The van der Waals surface area contributed by atoms with Crippen LogP contribution in [-0.4, -0.2) is 31.6 Å². The molecule has 1 aliphatic carbocycles. The van der Waals surface area contributed by atoms with E-state index in [1.807, 2.05) is 12.1 Å².